The zero-order valence-corrected chi connectivity index (χ0v) is 15.3. The van der Waals surface area contributed by atoms with Crippen LogP contribution < -0.4 is 5.56 Å². The number of nitrogens with zero attached hydrogens (tertiary/aromatic N) is 2. The van der Waals surface area contributed by atoms with Crippen molar-refractivity contribution >= 4 is 17.5 Å². The number of benzene rings is 1. The Bertz CT molecular complexity index is 930. The predicted octanol–water partition coefficient (Wildman–Crippen LogP) is 3.52. The normalized spacial score (nSPS) is 24.3. The minimum atomic E-state index is 0.0708. The quantitative estimate of drug-likeness (QED) is 0.813. The summed E-state index contributed by atoms with van der Waals surface area (Å²) in [5.74, 6) is 1.25. The number of piperidine rings is 1. The first-order valence-electron chi connectivity index (χ1n) is 9.38. The molecule has 2 fully saturated rings. The molecule has 1 saturated carbocycles. The second kappa shape index (κ2) is 5.98. The number of fused-ring (bicyclic) bond motifs is 4. The van der Waals surface area contributed by atoms with Crippen molar-refractivity contribution in [2.24, 2.45) is 11.8 Å². The molecule has 1 amide bonds. The van der Waals surface area contributed by atoms with Crippen molar-refractivity contribution in [2.75, 3.05) is 13.1 Å². The van der Waals surface area contributed by atoms with Crippen LogP contribution in [0.25, 0.3) is 11.1 Å². The standard InChI is InChI=1S/C21H21ClN2O2/c22-17-5-3-14(4-6-17)18-7-8-19-16-9-13(11-24(19)21(18)26)10-23(12-16)20(25)15-1-2-15/h3-8,13,15-16H,1-2,9-12H2/t13-,16+/m0/s1. The Morgan fingerprint density at radius 3 is 2.50 bits per heavy atom. The van der Waals surface area contributed by atoms with Gasteiger partial charge in [-0.3, -0.25) is 9.59 Å². The van der Waals surface area contributed by atoms with Gasteiger partial charge in [-0.25, -0.2) is 0 Å². The van der Waals surface area contributed by atoms with Crippen LogP contribution in [0.2, 0.25) is 5.02 Å². The fraction of sp³-hybridized carbons (Fsp3) is 0.429. The molecule has 0 spiro atoms. The zero-order chi connectivity index (χ0) is 17.8. The molecule has 5 heteroatoms. The monoisotopic (exact) mass is 368 g/mol. The van der Waals surface area contributed by atoms with Gasteiger partial charge in [0.05, 0.1) is 0 Å². The summed E-state index contributed by atoms with van der Waals surface area (Å²) >= 11 is 5.97. The number of rotatable bonds is 2. The highest BCUT2D eigenvalue weighted by Crippen LogP contribution is 2.39. The second-order valence-corrected chi connectivity index (χ2v) is 8.35. The van der Waals surface area contributed by atoms with Crippen LogP contribution in [0.4, 0.5) is 0 Å². The van der Waals surface area contributed by atoms with Crippen LogP contribution >= 0.6 is 11.6 Å². The van der Waals surface area contributed by atoms with Gasteiger partial charge in [0.15, 0.2) is 0 Å². The molecule has 26 heavy (non-hydrogen) atoms. The molecule has 0 N–H and O–H groups in total. The smallest absolute Gasteiger partial charge is 0.258 e. The summed E-state index contributed by atoms with van der Waals surface area (Å²) in [5, 5.41) is 0.668. The molecular formula is C21H21ClN2O2. The Hall–Kier alpha value is -2.07. The minimum Gasteiger partial charge on any atom is -0.341 e. The largest absolute Gasteiger partial charge is 0.341 e. The summed E-state index contributed by atoms with van der Waals surface area (Å²) < 4.78 is 1.95. The van der Waals surface area contributed by atoms with Crippen molar-refractivity contribution in [3.8, 4) is 11.1 Å². The highest BCUT2D eigenvalue weighted by molar-refractivity contribution is 6.30. The molecule has 5 rings (SSSR count). The van der Waals surface area contributed by atoms with Gasteiger partial charge in [-0.2, -0.15) is 0 Å². The third kappa shape index (κ3) is 2.67. The van der Waals surface area contributed by atoms with Crippen LogP contribution in [-0.4, -0.2) is 28.5 Å². The molecule has 134 valence electrons. The molecule has 1 saturated heterocycles. The first-order chi connectivity index (χ1) is 12.6. The molecule has 2 bridgehead atoms. The summed E-state index contributed by atoms with van der Waals surface area (Å²) in [5.41, 5.74) is 2.77. The number of carbonyl (C=O) groups is 1. The van der Waals surface area contributed by atoms with Crippen LogP contribution in [0, 0.1) is 11.8 Å². The van der Waals surface area contributed by atoms with Gasteiger partial charge in [0.2, 0.25) is 5.91 Å². The molecule has 1 aliphatic carbocycles. The first-order valence-corrected chi connectivity index (χ1v) is 9.76. The van der Waals surface area contributed by atoms with E-state index < -0.39 is 0 Å². The molecule has 3 aliphatic rings. The molecule has 0 radical (unpaired) electrons. The van der Waals surface area contributed by atoms with E-state index in [1.807, 2.05) is 34.9 Å². The van der Waals surface area contributed by atoms with Crippen molar-refractivity contribution in [3.05, 3.63) is 57.5 Å². The van der Waals surface area contributed by atoms with E-state index in [1.54, 1.807) is 0 Å². The van der Waals surface area contributed by atoms with E-state index in [-0.39, 0.29) is 17.4 Å². The highest BCUT2D eigenvalue weighted by Gasteiger charge is 2.40. The van der Waals surface area contributed by atoms with Gasteiger partial charge in [0, 0.05) is 47.8 Å². The lowest BCUT2D eigenvalue weighted by atomic mass is 9.82. The molecule has 1 aromatic carbocycles. The summed E-state index contributed by atoms with van der Waals surface area (Å²) in [6.45, 7) is 2.26. The number of hydrogen-bond acceptors (Lipinski definition) is 2. The zero-order valence-electron chi connectivity index (χ0n) is 14.5. The molecule has 2 aliphatic heterocycles. The van der Waals surface area contributed by atoms with Crippen molar-refractivity contribution < 1.29 is 4.79 Å². The number of aromatic nitrogens is 1. The Balaban J connectivity index is 1.49. The minimum absolute atomic E-state index is 0.0708. The van der Waals surface area contributed by atoms with Gasteiger partial charge in [0.25, 0.3) is 5.56 Å². The van der Waals surface area contributed by atoms with Gasteiger partial charge >= 0.3 is 0 Å². The van der Waals surface area contributed by atoms with Crippen molar-refractivity contribution in [1.29, 1.82) is 0 Å². The number of carbonyl (C=O) groups excluding carboxylic acids is 1. The van der Waals surface area contributed by atoms with E-state index in [4.69, 9.17) is 11.6 Å². The van der Waals surface area contributed by atoms with Gasteiger partial charge in [0.1, 0.15) is 0 Å². The summed E-state index contributed by atoms with van der Waals surface area (Å²) in [4.78, 5) is 27.6. The topological polar surface area (TPSA) is 42.3 Å². The first kappa shape index (κ1) is 16.1. The fourth-order valence-electron chi connectivity index (χ4n) is 4.56. The Kier molecular flexibility index (Phi) is 3.71. The van der Waals surface area contributed by atoms with Crippen LogP contribution in [0.15, 0.2) is 41.2 Å². The maximum atomic E-state index is 13.1. The number of likely N-dealkylation sites (tertiary alicyclic amines) is 1. The SMILES string of the molecule is O=C(C1CC1)N1C[C@@H]2C[C@H](C1)c1ccc(-c3ccc(Cl)cc3)c(=O)n1C2. The lowest BCUT2D eigenvalue weighted by Gasteiger charge is -2.43. The summed E-state index contributed by atoms with van der Waals surface area (Å²) in [7, 11) is 0. The number of halogens is 1. The third-order valence-corrected chi connectivity index (χ3v) is 6.25. The van der Waals surface area contributed by atoms with E-state index in [2.05, 4.69) is 11.0 Å². The van der Waals surface area contributed by atoms with Gasteiger partial charge in [-0.15, -0.1) is 0 Å². The van der Waals surface area contributed by atoms with Crippen LogP contribution in [-0.2, 0) is 11.3 Å². The van der Waals surface area contributed by atoms with Crippen LogP contribution in [0.1, 0.15) is 30.9 Å². The average molecular weight is 369 g/mol. The second-order valence-electron chi connectivity index (χ2n) is 7.91. The fourth-order valence-corrected chi connectivity index (χ4v) is 4.69. The lowest BCUT2D eigenvalue weighted by molar-refractivity contribution is -0.135. The number of hydrogen-bond donors (Lipinski definition) is 0. The average Bonchev–Trinajstić information content (AvgIpc) is 3.48. The predicted molar refractivity (Wildman–Crippen MR) is 101 cm³/mol. The van der Waals surface area contributed by atoms with Crippen molar-refractivity contribution in [1.82, 2.24) is 9.47 Å². The van der Waals surface area contributed by atoms with E-state index in [9.17, 15) is 9.59 Å². The maximum absolute atomic E-state index is 13.1. The molecule has 2 atom stereocenters. The maximum Gasteiger partial charge on any atom is 0.258 e. The molecular weight excluding hydrogens is 348 g/mol. The Labute approximate surface area is 157 Å². The van der Waals surface area contributed by atoms with Crippen molar-refractivity contribution in [3.63, 3.8) is 0 Å². The molecule has 0 unspecified atom stereocenters. The van der Waals surface area contributed by atoms with E-state index in [0.717, 1.165) is 49.2 Å². The van der Waals surface area contributed by atoms with Crippen LogP contribution in [0.5, 0.6) is 0 Å². The molecule has 4 nitrogen and oxygen atoms in total. The van der Waals surface area contributed by atoms with Gasteiger partial charge in [-0.1, -0.05) is 23.7 Å². The summed E-state index contributed by atoms with van der Waals surface area (Å²) in [6.07, 6.45) is 3.17. The Morgan fingerprint density at radius 1 is 1.00 bits per heavy atom. The third-order valence-electron chi connectivity index (χ3n) is 6.00. The van der Waals surface area contributed by atoms with E-state index in [1.165, 1.54) is 0 Å². The molecule has 1 aromatic heterocycles. The molecule has 3 heterocycles. The Morgan fingerprint density at radius 2 is 1.77 bits per heavy atom. The number of pyridine rings is 1. The van der Waals surface area contributed by atoms with Gasteiger partial charge < -0.3 is 9.47 Å². The summed E-state index contributed by atoms with van der Waals surface area (Å²) in [6, 6.07) is 11.4. The molecule has 2 aromatic rings. The lowest BCUT2D eigenvalue weighted by Crippen LogP contribution is -2.49. The van der Waals surface area contributed by atoms with E-state index >= 15 is 0 Å². The number of amides is 1. The van der Waals surface area contributed by atoms with Crippen LogP contribution in [0.3, 0.4) is 0 Å². The highest BCUT2D eigenvalue weighted by atomic mass is 35.5. The van der Waals surface area contributed by atoms with Crippen molar-refractivity contribution in [2.45, 2.75) is 31.7 Å². The van der Waals surface area contributed by atoms with E-state index in [0.29, 0.717) is 23.4 Å². The van der Waals surface area contributed by atoms with Gasteiger partial charge in [-0.05, 0) is 55.0 Å².